The molecule has 0 atom stereocenters. The molecule has 2 N–H and O–H groups in total. The predicted octanol–water partition coefficient (Wildman–Crippen LogP) is 2.89. The SMILES string of the molecule is Nc1cc(C=CCC=O)cc(C(F)(F)F)c1. The molecule has 1 rings (SSSR count). The number of nitrogens with two attached hydrogens (primary N) is 1. The number of halogens is 3. The van der Waals surface area contributed by atoms with Gasteiger partial charge in [-0.1, -0.05) is 12.2 Å². The number of nitrogen functional groups attached to an aromatic ring is 1. The van der Waals surface area contributed by atoms with E-state index in [1.54, 1.807) is 0 Å². The van der Waals surface area contributed by atoms with Crippen LogP contribution < -0.4 is 5.73 Å². The number of benzene rings is 1. The Morgan fingerprint density at radius 3 is 2.50 bits per heavy atom. The molecule has 0 spiro atoms. The van der Waals surface area contributed by atoms with Crippen molar-refractivity contribution in [1.29, 1.82) is 0 Å². The quantitative estimate of drug-likeness (QED) is 0.639. The monoisotopic (exact) mass is 229 g/mol. The molecule has 0 aliphatic heterocycles. The molecule has 1 aromatic carbocycles. The molecule has 16 heavy (non-hydrogen) atoms. The molecule has 1 aromatic rings. The molecule has 5 heteroatoms. The summed E-state index contributed by atoms with van der Waals surface area (Å²) in [5.74, 6) is 0. The second kappa shape index (κ2) is 4.83. The van der Waals surface area contributed by atoms with Crippen molar-refractivity contribution in [3.05, 3.63) is 35.4 Å². The molecule has 0 amide bonds. The van der Waals surface area contributed by atoms with Crippen LogP contribution in [0.3, 0.4) is 0 Å². The molecule has 0 aliphatic carbocycles. The highest BCUT2D eigenvalue weighted by atomic mass is 19.4. The van der Waals surface area contributed by atoms with Crippen LogP contribution in [0, 0.1) is 0 Å². The van der Waals surface area contributed by atoms with Gasteiger partial charge >= 0.3 is 6.18 Å². The van der Waals surface area contributed by atoms with Gasteiger partial charge in [0, 0.05) is 12.1 Å². The van der Waals surface area contributed by atoms with E-state index in [1.807, 2.05) is 0 Å². The minimum Gasteiger partial charge on any atom is -0.399 e. The van der Waals surface area contributed by atoms with Gasteiger partial charge in [-0.3, -0.25) is 0 Å². The average molecular weight is 229 g/mol. The zero-order valence-corrected chi connectivity index (χ0v) is 8.29. The van der Waals surface area contributed by atoms with Crippen LogP contribution in [0.15, 0.2) is 24.3 Å². The lowest BCUT2D eigenvalue weighted by molar-refractivity contribution is -0.137. The third-order valence-electron chi connectivity index (χ3n) is 1.85. The van der Waals surface area contributed by atoms with Crippen molar-refractivity contribution >= 4 is 18.0 Å². The number of hydrogen-bond donors (Lipinski definition) is 1. The fraction of sp³-hybridized carbons (Fsp3) is 0.182. The molecule has 0 saturated heterocycles. The Morgan fingerprint density at radius 1 is 1.25 bits per heavy atom. The third-order valence-corrected chi connectivity index (χ3v) is 1.85. The third kappa shape index (κ3) is 3.42. The molecule has 0 bridgehead atoms. The van der Waals surface area contributed by atoms with Gasteiger partial charge in [0.05, 0.1) is 5.56 Å². The van der Waals surface area contributed by atoms with Crippen molar-refractivity contribution in [3.8, 4) is 0 Å². The Kier molecular flexibility index (Phi) is 3.71. The number of aldehydes is 1. The van der Waals surface area contributed by atoms with E-state index in [-0.39, 0.29) is 12.1 Å². The Hall–Kier alpha value is -1.78. The van der Waals surface area contributed by atoms with E-state index in [9.17, 15) is 18.0 Å². The Morgan fingerprint density at radius 2 is 1.94 bits per heavy atom. The molecule has 0 aliphatic rings. The summed E-state index contributed by atoms with van der Waals surface area (Å²) in [5.41, 5.74) is 4.93. The van der Waals surface area contributed by atoms with E-state index >= 15 is 0 Å². The van der Waals surface area contributed by atoms with Gasteiger partial charge in [-0.05, 0) is 23.8 Å². The van der Waals surface area contributed by atoms with E-state index in [4.69, 9.17) is 5.73 Å². The molecule has 0 saturated carbocycles. The van der Waals surface area contributed by atoms with Gasteiger partial charge in [0.2, 0.25) is 0 Å². The highest BCUT2D eigenvalue weighted by Gasteiger charge is 2.30. The minimum atomic E-state index is -4.41. The first kappa shape index (κ1) is 12.3. The molecule has 2 nitrogen and oxygen atoms in total. The smallest absolute Gasteiger partial charge is 0.399 e. The minimum absolute atomic E-state index is 0.0422. The largest absolute Gasteiger partial charge is 0.416 e. The maximum atomic E-state index is 12.4. The van der Waals surface area contributed by atoms with E-state index < -0.39 is 11.7 Å². The van der Waals surface area contributed by atoms with E-state index in [2.05, 4.69) is 0 Å². The maximum Gasteiger partial charge on any atom is 0.416 e. The predicted molar refractivity (Wildman–Crippen MR) is 55.6 cm³/mol. The molecular weight excluding hydrogens is 219 g/mol. The first-order chi connectivity index (χ1) is 7.43. The topological polar surface area (TPSA) is 43.1 Å². The molecule has 0 aromatic heterocycles. The first-order valence-electron chi connectivity index (χ1n) is 4.51. The van der Waals surface area contributed by atoms with Crippen molar-refractivity contribution in [2.24, 2.45) is 0 Å². The van der Waals surface area contributed by atoms with Gasteiger partial charge < -0.3 is 10.5 Å². The Bertz CT molecular complexity index is 410. The lowest BCUT2D eigenvalue weighted by Gasteiger charge is -2.08. The van der Waals surface area contributed by atoms with Crippen LogP contribution >= 0.6 is 0 Å². The second-order valence-electron chi connectivity index (χ2n) is 3.19. The van der Waals surface area contributed by atoms with Crippen molar-refractivity contribution in [2.45, 2.75) is 12.6 Å². The molecule has 86 valence electrons. The number of hydrogen-bond acceptors (Lipinski definition) is 2. The van der Waals surface area contributed by atoms with Gasteiger partial charge in [-0.2, -0.15) is 13.2 Å². The van der Waals surface area contributed by atoms with Gasteiger partial charge in [0.1, 0.15) is 6.29 Å². The van der Waals surface area contributed by atoms with Gasteiger partial charge in [-0.15, -0.1) is 0 Å². The normalized spacial score (nSPS) is 11.9. The van der Waals surface area contributed by atoms with Crippen LogP contribution in [0.4, 0.5) is 18.9 Å². The van der Waals surface area contributed by atoms with Crippen molar-refractivity contribution in [1.82, 2.24) is 0 Å². The van der Waals surface area contributed by atoms with Crippen LogP contribution in [-0.4, -0.2) is 6.29 Å². The van der Waals surface area contributed by atoms with Crippen molar-refractivity contribution in [2.75, 3.05) is 5.73 Å². The summed E-state index contributed by atoms with van der Waals surface area (Å²) < 4.78 is 37.2. The average Bonchev–Trinajstić information content (AvgIpc) is 2.16. The van der Waals surface area contributed by atoms with E-state index in [1.165, 1.54) is 18.2 Å². The van der Waals surface area contributed by atoms with Gasteiger partial charge in [-0.25, -0.2) is 0 Å². The second-order valence-corrected chi connectivity index (χ2v) is 3.19. The fourth-order valence-corrected chi connectivity index (χ4v) is 1.20. The summed E-state index contributed by atoms with van der Waals surface area (Å²) in [6, 6.07) is 3.27. The number of allylic oxidation sites excluding steroid dienone is 1. The van der Waals surface area contributed by atoms with Crippen LogP contribution in [-0.2, 0) is 11.0 Å². The lowest BCUT2D eigenvalue weighted by Crippen LogP contribution is -2.06. The summed E-state index contributed by atoms with van der Waals surface area (Å²) in [4.78, 5) is 10.0. The van der Waals surface area contributed by atoms with Crippen LogP contribution in [0.1, 0.15) is 17.5 Å². The van der Waals surface area contributed by atoms with Crippen molar-refractivity contribution in [3.63, 3.8) is 0 Å². The fourth-order valence-electron chi connectivity index (χ4n) is 1.20. The number of carbonyl (C=O) groups excluding carboxylic acids is 1. The summed E-state index contributed by atoms with van der Waals surface area (Å²) >= 11 is 0. The molecular formula is C11H10F3NO. The molecule has 0 unspecified atom stereocenters. The highest BCUT2D eigenvalue weighted by molar-refractivity contribution is 5.61. The van der Waals surface area contributed by atoms with Crippen LogP contribution in [0.2, 0.25) is 0 Å². The van der Waals surface area contributed by atoms with E-state index in [0.717, 1.165) is 12.1 Å². The summed E-state index contributed by atoms with van der Waals surface area (Å²) in [5, 5.41) is 0. The van der Waals surface area contributed by atoms with Crippen LogP contribution in [0.5, 0.6) is 0 Å². The lowest BCUT2D eigenvalue weighted by atomic mass is 10.1. The zero-order chi connectivity index (χ0) is 12.2. The van der Waals surface area contributed by atoms with Crippen molar-refractivity contribution < 1.29 is 18.0 Å². The Balaban J connectivity index is 3.03. The number of anilines is 1. The maximum absolute atomic E-state index is 12.4. The van der Waals surface area contributed by atoms with Crippen LogP contribution in [0.25, 0.3) is 6.08 Å². The standard InChI is InChI=1S/C11H10F3NO/c12-11(13,14)9-5-8(3-1-2-4-16)6-10(15)7-9/h1,3-7H,2,15H2. The molecule has 0 fully saturated rings. The Labute approximate surface area is 90.6 Å². The van der Waals surface area contributed by atoms with Gasteiger partial charge in [0.25, 0.3) is 0 Å². The number of carbonyl (C=O) groups is 1. The first-order valence-corrected chi connectivity index (χ1v) is 4.51. The molecule has 0 heterocycles. The summed E-state index contributed by atoms with van der Waals surface area (Å²) in [6.45, 7) is 0. The summed E-state index contributed by atoms with van der Waals surface area (Å²) in [7, 11) is 0. The van der Waals surface area contributed by atoms with Gasteiger partial charge in [0.15, 0.2) is 0 Å². The van der Waals surface area contributed by atoms with E-state index in [0.29, 0.717) is 11.8 Å². The number of alkyl halides is 3. The summed E-state index contributed by atoms with van der Waals surface area (Å²) in [6.07, 6.45) is -0.686. The molecule has 0 radical (unpaired) electrons. The number of rotatable bonds is 3. The zero-order valence-electron chi connectivity index (χ0n) is 8.29. The highest BCUT2D eigenvalue weighted by Crippen LogP contribution is 2.31.